The van der Waals surface area contributed by atoms with Gasteiger partial charge in [-0.1, -0.05) is 90.5 Å². The molecule has 6 heteroatoms. The summed E-state index contributed by atoms with van der Waals surface area (Å²) in [5.41, 5.74) is 8.07. The first-order chi connectivity index (χ1) is 19.7. The van der Waals surface area contributed by atoms with Crippen molar-refractivity contribution >= 4 is 11.6 Å². The van der Waals surface area contributed by atoms with E-state index in [9.17, 15) is 0 Å². The van der Waals surface area contributed by atoms with Gasteiger partial charge in [-0.05, 0) is 53.9 Å². The lowest BCUT2D eigenvalue weighted by Crippen LogP contribution is -2.17. The molecule has 2 heterocycles. The summed E-state index contributed by atoms with van der Waals surface area (Å²) in [5.74, 6) is 1.46. The predicted molar refractivity (Wildman–Crippen MR) is 160 cm³/mol. The molecule has 5 nitrogen and oxygen atoms in total. The van der Waals surface area contributed by atoms with Gasteiger partial charge in [-0.3, -0.25) is 4.68 Å². The van der Waals surface area contributed by atoms with Crippen LogP contribution in [0, 0.1) is 0 Å². The Morgan fingerprint density at radius 3 is 2.05 bits per heavy atom. The number of benzene rings is 4. The number of halogens is 1. The highest BCUT2D eigenvalue weighted by molar-refractivity contribution is 6.30. The Morgan fingerprint density at radius 2 is 1.35 bits per heavy atom. The quantitative estimate of drug-likeness (QED) is 0.213. The van der Waals surface area contributed by atoms with Crippen LogP contribution in [0.25, 0.3) is 11.3 Å². The van der Waals surface area contributed by atoms with E-state index in [1.807, 2.05) is 54.6 Å². The first-order valence-electron chi connectivity index (χ1n) is 13.7. The first kappa shape index (κ1) is 26.2. The zero-order chi connectivity index (χ0) is 27.1. The van der Waals surface area contributed by atoms with Gasteiger partial charge in [0.15, 0.2) is 11.5 Å². The van der Waals surface area contributed by atoms with Crippen molar-refractivity contribution < 1.29 is 9.47 Å². The monoisotopic (exact) mass is 549 g/mol. The standard InChI is InChI=1S/C34H32ClN3O2/c35-29-14-12-28(13-15-29)34-30-17-19-36-20-18-31(30)38(37-34)22-27-11-16-32(39-23-25-7-3-1-4-8-25)33(21-27)40-24-26-9-5-2-6-10-26/h1-16,21,36H,17-20,22-24H2. The molecule has 1 aliphatic rings. The second-order valence-corrected chi connectivity index (χ2v) is 10.5. The number of nitrogens with one attached hydrogen (secondary N) is 1. The minimum Gasteiger partial charge on any atom is -0.485 e. The zero-order valence-electron chi connectivity index (χ0n) is 22.4. The van der Waals surface area contributed by atoms with E-state index in [0.717, 1.165) is 70.4 Å². The van der Waals surface area contributed by atoms with Crippen LogP contribution < -0.4 is 14.8 Å². The van der Waals surface area contributed by atoms with Crippen molar-refractivity contribution in [3.63, 3.8) is 0 Å². The molecule has 4 aromatic carbocycles. The van der Waals surface area contributed by atoms with Gasteiger partial charge in [-0.2, -0.15) is 5.10 Å². The molecule has 0 fully saturated rings. The number of hydrogen-bond acceptors (Lipinski definition) is 4. The van der Waals surface area contributed by atoms with Gasteiger partial charge in [0.25, 0.3) is 0 Å². The van der Waals surface area contributed by atoms with Gasteiger partial charge in [-0.25, -0.2) is 0 Å². The van der Waals surface area contributed by atoms with E-state index in [0.29, 0.717) is 19.8 Å². The van der Waals surface area contributed by atoms with Crippen LogP contribution in [-0.4, -0.2) is 22.9 Å². The molecule has 5 aromatic rings. The van der Waals surface area contributed by atoms with Crippen LogP contribution in [0.4, 0.5) is 0 Å². The predicted octanol–water partition coefficient (Wildman–Crippen LogP) is 7.10. The van der Waals surface area contributed by atoms with Crippen LogP contribution in [0.1, 0.15) is 27.9 Å². The molecule has 0 unspecified atom stereocenters. The van der Waals surface area contributed by atoms with E-state index in [1.165, 1.54) is 11.3 Å². The minimum atomic E-state index is 0.468. The van der Waals surface area contributed by atoms with Gasteiger partial charge in [0.2, 0.25) is 0 Å². The van der Waals surface area contributed by atoms with Gasteiger partial charge in [0, 0.05) is 34.8 Å². The molecule has 0 saturated carbocycles. The number of hydrogen-bond donors (Lipinski definition) is 1. The fraction of sp³-hybridized carbons (Fsp3) is 0.206. The van der Waals surface area contributed by atoms with Gasteiger partial charge >= 0.3 is 0 Å². The van der Waals surface area contributed by atoms with Crippen LogP contribution in [0.3, 0.4) is 0 Å². The molecular weight excluding hydrogens is 518 g/mol. The highest BCUT2D eigenvalue weighted by atomic mass is 35.5. The summed E-state index contributed by atoms with van der Waals surface area (Å²) in [5, 5.41) is 9.39. The molecule has 0 amide bonds. The SMILES string of the molecule is Clc1ccc(-c2nn(Cc3ccc(OCc4ccccc4)c(OCc4ccccc4)c3)c3c2CCNCC3)cc1. The average Bonchev–Trinajstić information content (AvgIpc) is 3.15. The summed E-state index contributed by atoms with van der Waals surface area (Å²) in [4.78, 5) is 0. The second kappa shape index (κ2) is 12.4. The minimum absolute atomic E-state index is 0.468. The van der Waals surface area contributed by atoms with Gasteiger partial charge < -0.3 is 14.8 Å². The number of fused-ring (bicyclic) bond motifs is 1. The summed E-state index contributed by atoms with van der Waals surface area (Å²) < 4.78 is 14.7. The highest BCUT2D eigenvalue weighted by Gasteiger charge is 2.21. The molecule has 0 bridgehead atoms. The van der Waals surface area contributed by atoms with E-state index in [-0.39, 0.29) is 0 Å². The van der Waals surface area contributed by atoms with Crippen molar-refractivity contribution in [1.29, 1.82) is 0 Å². The molecular formula is C34H32ClN3O2. The van der Waals surface area contributed by atoms with Crippen LogP contribution in [-0.2, 0) is 32.6 Å². The van der Waals surface area contributed by atoms with E-state index >= 15 is 0 Å². The van der Waals surface area contributed by atoms with E-state index in [2.05, 4.69) is 58.5 Å². The van der Waals surface area contributed by atoms with Crippen molar-refractivity contribution in [3.8, 4) is 22.8 Å². The third-order valence-electron chi connectivity index (χ3n) is 7.19. The zero-order valence-corrected chi connectivity index (χ0v) is 23.1. The van der Waals surface area contributed by atoms with Gasteiger partial charge in [0.1, 0.15) is 13.2 Å². The molecule has 0 radical (unpaired) electrons. The Kier molecular flexibility index (Phi) is 8.12. The number of rotatable bonds is 9. The topological polar surface area (TPSA) is 48.3 Å². The Balaban J connectivity index is 1.30. The third-order valence-corrected chi connectivity index (χ3v) is 7.44. The van der Waals surface area contributed by atoms with E-state index < -0.39 is 0 Å². The normalized spacial score (nSPS) is 12.9. The lowest BCUT2D eigenvalue weighted by Gasteiger charge is -2.15. The van der Waals surface area contributed by atoms with Crippen LogP contribution in [0.2, 0.25) is 5.02 Å². The molecule has 0 saturated heterocycles. The first-order valence-corrected chi connectivity index (χ1v) is 14.1. The molecule has 0 atom stereocenters. The second-order valence-electron chi connectivity index (χ2n) is 10.0. The summed E-state index contributed by atoms with van der Waals surface area (Å²) >= 11 is 6.17. The summed E-state index contributed by atoms with van der Waals surface area (Å²) in [6.45, 7) is 3.48. The number of aromatic nitrogens is 2. The lowest BCUT2D eigenvalue weighted by atomic mass is 10.0. The van der Waals surface area contributed by atoms with Crippen molar-refractivity contribution in [1.82, 2.24) is 15.1 Å². The Morgan fingerprint density at radius 1 is 0.700 bits per heavy atom. The van der Waals surface area contributed by atoms with Crippen LogP contribution in [0.15, 0.2) is 103 Å². The molecule has 1 N–H and O–H groups in total. The molecule has 1 aromatic heterocycles. The van der Waals surface area contributed by atoms with Crippen molar-refractivity contribution in [3.05, 3.63) is 136 Å². The van der Waals surface area contributed by atoms with Crippen LogP contribution >= 0.6 is 11.6 Å². The van der Waals surface area contributed by atoms with E-state index in [4.69, 9.17) is 26.2 Å². The summed E-state index contributed by atoms with van der Waals surface area (Å²) in [6, 6.07) is 34.6. The largest absolute Gasteiger partial charge is 0.485 e. The maximum absolute atomic E-state index is 6.33. The lowest BCUT2D eigenvalue weighted by molar-refractivity contribution is 0.255. The Labute approximate surface area is 240 Å². The van der Waals surface area contributed by atoms with Crippen molar-refractivity contribution in [2.45, 2.75) is 32.6 Å². The maximum Gasteiger partial charge on any atom is 0.162 e. The molecule has 1 aliphatic heterocycles. The molecule has 202 valence electrons. The number of ether oxygens (including phenoxy) is 2. The Bertz CT molecular complexity index is 1550. The molecule has 40 heavy (non-hydrogen) atoms. The van der Waals surface area contributed by atoms with Gasteiger partial charge in [-0.15, -0.1) is 0 Å². The van der Waals surface area contributed by atoms with Crippen molar-refractivity contribution in [2.75, 3.05) is 13.1 Å². The summed E-state index contributed by atoms with van der Waals surface area (Å²) in [7, 11) is 0. The van der Waals surface area contributed by atoms with Crippen LogP contribution in [0.5, 0.6) is 11.5 Å². The molecule has 0 aliphatic carbocycles. The van der Waals surface area contributed by atoms with Gasteiger partial charge in [0.05, 0.1) is 12.2 Å². The maximum atomic E-state index is 6.33. The highest BCUT2D eigenvalue weighted by Crippen LogP contribution is 2.32. The average molecular weight is 550 g/mol. The Hall–Kier alpha value is -4.06. The number of nitrogens with zero attached hydrogens (tertiary/aromatic N) is 2. The molecule has 0 spiro atoms. The summed E-state index contributed by atoms with van der Waals surface area (Å²) in [6.07, 6.45) is 1.89. The molecule has 6 rings (SSSR count). The van der Waals surface area contributed by atoms with E-state index in [1.54, 1.807) is 0 Å². The van der Waals surface area contributed by atoms with Crippen molar-refractivity contribution in [2.24, 2.45) is 0 Å². The smallest absolute Gasteiger partial charge is 0.162 e. The fourth-order valence-electron chi connectivity index (χ4n) is 5.12. The fourth-order valence-corrected chi connectivity index (χ4v) is 5.24. The third kappa shape index (κ3) is 6.22.